The Kier molecular flexibility index (Phi) is 6.07. The first-order valence-corrected chi connectivity index (χ1v) is 5.62. The minimum atomic E-state index is -4.64. The number of rotatable bonds is 2. The fourth-order valence-electron chi connectivity index (χ4n) is 0.196. The van der Waals surface area contributed by atoms with Crippen LogP contribution in [0.4, 0.5) is 0 Å². The molecule has 0 bridgehead atoms. The molecule has 0 rings (SSSR count). The summed E-state index contributed by atoms with van der Waals surface area (Å²) in [6.45, 7) is 0.807. The summed E-state index contributed by atoms with van der Waals surface area (Å²) in [4.78, 5) is 33.0. The van der Waals surface area contributed by atoms with Crippen LogP contribution in [0.15, 0.2) is 0 Å². The van der Waals surface area contributed by atoms with Gasteiger partial charge in [0.2, 0.25) is 0 Å². The fraction of sp³-hybridized carbons (Fsp3) is 1.00. The van der Waals surface area contributed by atoms with Crippen molar-refractivity contribution in [3.05, 3.63) is 0 Å². The Morgan fingerprint density at radius 2 is 1.18 bits per heavy atom. The number of hydrogen-bond acceptors (Lipinski definition) is 2. The van der Waals surface area contributed by atoms with Crippen molar-refractivity contribution in [3.63, 3.8) is 0 Å². The second kappa shape index (κ2) is 4.51. The van der Waals surface area contributed by atoms with Gasteiger partial charge < -0.3 is 19.6 Å². The summed E-state index contributed by atoms with van der Waals surface area (Å²) in [5.41, 5.74) is 0. The number of hydrogen-bond donors (Lipinski definition) is 4. The zero-order chi connectivity index (χ0) is 8.58. The summed E-state index contributed by atoms with van der Waals surface area (Å²) in [5.74, 6) is 0. The Labute approximate surface area is 85.6 Å². The molecule has 0 heterocycles. The Balaban J connectivity index is 0. The second-order valence-electron chi connectivity index (χ2n) is 1.81. The summed E-state index contributed by atoms with van der Waals surface area (Å²) in [6.07, 6.45) is 0. The molecule has 0 saturated carbocycles. The van der Waals surface area contributed by atoms with Gasteiger partial charge in [0.25, 0.3) is 0 Å². The summed E-state index contributed by atoms with van der Waals surface area (Å²) in [6, 6.07) is 0. The second-order valence-corrected chi connectivity index (χ2v) is 6.12. The molecule has 0 unspecified atom stereocenters. The molecular weight excluding hydrogens is 205 g/mol. The molecule has 0 radical (unpaired) electrons. The third-order valence-corrected chi connectivity index (χ3v) is 4.73. The quantitative estimate of drug-likeness (QED) is 0.347. The Morgan fingerprint density at radius 1 is 1.00 bits per heavy atom. The summed E-state index contributed by atoms with van der Waals surface area (Å²) >= 11 is 0. The third-order valence-electron chi connectivity index (χ3n) is 0.974. The van der Waals surface area contributed by atoms with Crippen molar-refractivity contribution in [3.8, 4) is 0 Å². The van der Waals surface area contributed by atoms with Crippen molar-refractivity contribution in [1.82, 2.24) is 0 Å². The van der Waals surface area contributed by atoms with E-state index in [0.29, 0.717) is 0 Å². The van der Waals surface area contributed by atoms with Crippen LogP contribution in [0, 0.1) is 0 Å². The first-order chi connectivity index (χ1) is 4.15. The molecule has 0 aliphatic carbocycles. The van der Waals surface area contributed by atoms with Crippen LogP contribution in [0.1, 0.15) is 6.92 Å². The van der Waals surface area contributed by atoms with E-state index in [-0.39, 0.29) is 29.6 Å². The van der Waals surface area contributed by atoms with E-state index in [0.717, 1.165) is 6.92 Å². The summed E-state index contributed by atoms with van der Waals surface area (Å²) in [7, 11) is -9.28. The van der Waals surface area contributed by atoms with Crippen LogP contribution >= 0.6 is 15.2 Å². The predicted molar refractivity (Wildman–Crippen MR) is 40.7 cm³/mol. The van der Waals surface area contributed by atoms with E-state index in [2.05, 4.69) is 0 Å². The van der Waals surface area contributed by atoms with Crippen LogP contribution in [0.25, 0.3) is 0 Å². The van der Waals surface area contributed by atoms with E-state index < -0.39 is 20.6 Å². The summed E-state index contributed by atoms with van der Waals surface area (Å²) < 4.78 is 20.4. The molecule has 0 aliphatic heterocycles. The molecule has 0 fully saturated rings. The normalized spacial score (nSPS) is 12.9. The molecule has 6 nitrogen and oxygen atoms in total. The van der Waals surface area contributed by atoms with Crippen molar-refractivity contribution in [2.24, 2.45) is 0 Å². The van der Waals surface area contributed by atoms with Crippen LogP contribution < -0.4 is 0 Å². The van der Waals surface area contributed by atoms with Crippen molar-refractivity contribution < 1.29 is 28.7 Å². The molecule has 11 heavy (non-hydrogen) atoms. The van der Waals surface area contributed by atoms with Crippen LogP contribution in [-0.4, -0.2) is 54.5 Å². The maximum absolute atomic E-state index is 10.2. The van der Waals surface area contributed by atoms with Gasteiger partial charge in [-0.1, -0.05) is 0 Å². The topological polar surface area (TPSA) is 115 Å². The van der Waals surface area contributed by atoms with Crippen molar-refractivity contribution in [1.29, 1.82) is 0 Å². The van der Waals surface area contributed by atoms with Gasteiger partial charge >= 0.3 is 44.7 Å². The molecule has 0 saturated heterocycles. The zero-order valence-corrected chi connectivity index (χ0v) is 6.87. The van der Waals surface area contributed by atoms with Gasteiger partial charge in [-0.2, -0.15) is 0 Å². The zero-order valence-electron chi connectivity index (χ0n) is 5.08. The molecule has 0 aromatic carbocycles. The van der Waals surface area contributed by atoms with Gasteiger partial charge in [0.15, 0.2) is 5.40 Å². The average molecular weight is 214 g/mol. The fourth-order valence-corrected chi connectivity index (χ4v) is 1.76. The Bertz CT molecular complexity index is 181. The maximum atomic E-state index is 10.2. The van der Waals surface area contributed by atoms with E-state index in [9.17, 15) is 9.13 Å². The van der Waals surface area contributed by atoms with E-state index in [1.807, 2.05) is 0 Å². The molecule has 64 valence electrons. The standard InChI is InChI=1S/C2H8O6P2.Na.H/c1-2(9(3,4)5)10(6,7)8;;/h2H,1H3,(H2,3,4,5)(H2,6,7,8);;. The van der Waals surface area contributed by atoms with Gasteiger partial charge in [-0.3, -0.25) is 9.13 Å². The average Bonchev–Trinajstić information content (AvgIpc) is 1.59. The molecule has 0 atom stereocenters. The monoisotopic (exact) mass is 214 g/mol. The first kappa shape index (κ1) is 14.8. The van der Waals surface area contributed by atoms with Crippen molar-refractivity contribution >= 4 is 44.7 Å². The molecule has 9 heteroatoms. The van der Waals surface area contributed by atoms with Gasteiger partial charge in [-0.15, -0.1) is 0 Å². The van der Waals surface area contributed by atoms with Gasteiger partial charge in [-0.05, 0) is 6.92 Å². The van der Waals surface area contributed by atoms with Gasteiger partial charge in [0, 0.05) is 0 Å². The first-order valence-electron chi connectivity index (χ1n) is 2.26. The SMILES string of the molecule is CC(P(=O)(O)O)P(=O)(O)O.[NaH]. The van der Waals surface area contributed by atoms with Crippen LogP contribution in [0.2, 0.25) is 0 Å². The Hall–Kier alpha value is 1.30. The minimum absolute atomic E-state index is 0. The van der Waals surface area contributed by atoms with Crippen LogP contribution in [0.5, 0.6) is 0 Å². The molecule has 0 aromatic heterocycles. The van der Waals surface area contributed by atoms with E-state index in [1.54, 1.807) is 0 Å². The molecule has 4 N–H and O–H groups in total. The van der Waals surface area contributed by atoms with Gasteiger partial charge in [0.05, 0.1) is 0 Å². The Morgan fingerprint density at radius 3 is 1.18 bits per heavy atom. The van der Waals surface area contributed by atoms with E-state index in [4.69, 9.17) is 19.6 Å². The molecular formula is C2H9NaO6P2. The predicted octanol–water partition coefficient (Wildman–Crippen LogP) is -0.961. The van der Waals surface area contributed by atoms with Gasteiger partial charge in [0.1, 0.15) is 0 Å². The summed E-state index contributed by atoms with van der Waals surface area (Å²) in [5, 5.41) is -1.90. The van der Waals surface area contributed by atoms with Crippen molar-refractivity contribution in [2.45, 2.75) is 12.3 Å². The van der Waals surface area contributed by atoms with Crippen LogP contribution in [-0.2, 0) is 9.13 Å². The third kappa shape index (κ3) is 5.53. The molecule has 0 aliphatic rings. The molecule has 0 aromatic rings. The van der Waals surface area contributed by atoms with E-state index in [1.165, 1.54) is 0 Å². The van der Waals surface area contributed by atoms with Crippen molar-refractivity contribution in [2.75, 3.05) is 0 Å². The molecule has 0 amide bonds. The van der Waals surface area contributed by atoms with Gasteiger partial charge in [-0.25, -0.2) is 0 Å². The van der Waals surface area contributed by atoms with E-state index >= 15 is 0 Å². The molecule has 0 spiro atoms. The van der Waals surface area contributed by atoms with Crippen LogP contribution in [0.3, 0.4) is 0 Å².